The minimum atomic E-state index is -0.442. The molecule has 1 aromatic rings. The second kappa shape index (κ2) is 12.2. The summed E-state index contributed by atoms with van der Waals surface area (Å²) in [6.07, 6.45) is 12.5. The Bertz CT molecular complexity index is 747. The summed E-state index contributed by atoms with van der Waals surface area (Å²) in [5.74, 6) is 0.604. The Morgan fingerprint density at radius 1 is 1.27 bits per heavy atom. The third kappa shape index (κ3) is 6.24. The van der Waals surface area contributed by atoms with Crippen molar-refractivity contribution in [3.05, 3.63) is 34.5 Å². The van der Waals surface area contributed by atoms with Crippen molar-refractivity contribution in [3.8, 4) is 0 Å². The molecule has 30 heavy (non-hydrogen) atoms. The predicted molar refractivity (Wildman–Crippen MR) is 117 cm³/mol. The van der Waals surface area contributed by atoms with Crippen LogP contribution in [0.3, 0.4) is 0 Å². The van der Waals surface area contributed by atoms with Crippen molar-refractivity contribution in [2.45, 2.75) is 45.6 Å². The summed E-state index contributed by atoms with van der Waals surface area (Å²) in [4.78, 5) is 23.2. The Labute approximate surface area is 177 Å². The molecule has 0 unspecified atom stereocenters. The molecular weight excluding hydrogens is 386 g/mol. The third-order valence-electron chi connectivity index (χ3n) is 5.27. The van der Waals surface area contributed by atoms with Crippen molar-refractivity contribution in [1.29, 1.82) is 0 Å². The fourth-order valence-electron chi connectivity index (χ4n) is 3.43. The summed E-state index contributed by atoms with van der Waals surface area (Å²) in [5.41, 5.74) is 0.859. The van der Waals surface area contributed by atoms with Gasteiger partial charge in [-0.15, -0.1) is 5.10 Å². The summed E-state index contributed by atoms with van der Waals surface area (Å²) in [5, 5.41) is 17.6. The third-order valence-corrected chi connectivity index (χ3v) is 5.27. The second-order valence-electron chi connectivity index (χ2n) is 7.12. The maximum atomic E-state index is 10.8. The van der Waals surface area contributed by atoms with Gasteiger partial charge in [-0.3, -0.25) is 15.0 Å². The molecule has 4 rings (SSSR count). The van der Waals surface area contributed by atoms with Crippen molar-refractivity contribution in [3.63, 3.8) is 0 Å². The van der Waals surface area contributed by atoms with Gasteiger partial charge < -0.3 is 14.8 Å². The zero-order valence-electron chi connectivity index (χ0n) is 18.1. The van der Waals surface area contributed by atoms with E-state index >= 15 is 0 Å². The fraction of sp³-hybridized carbons (Fsp3) is 0.619. The van der Waals surface area contributed by atoms with Gasteiger partial charge >= 0.3 is 5.69 Å². The topological polar surface area (TPSA) is 103 Å². The highest BCUT2D eigenvalue weighted by atomic mass is 16.6. The minimum Gasteiger partial charge on any atom is -0.378 e. The fourth-order valence-corrected chi connectivity index (χ4v) is 3.43. The van der Waals surface area contributed by atoms with E-state index in [4.69, 9.17) is 4.74 Å². The van der Waals surface area contributed by atoms with Crippen molar-refractivity contribution in [2.75, 3.05) is 38.7 Å². The maximum Gasteiger partial charge on any atom is 0.331 e. The lowest BCUT2D eigenvalue weighted by molar-refractivity contribution is -0.384. The number of carbonyl (C=O) groups excluding carboxylic acids is 1. The number of hydrogen-bond donors (Lipinski definition) is 1. The van der Waals surface area contributed by atoms with Crippen LogP contribution in [0.15, 0.2) is 24.4 Å². The van der Waals surface area contributed by atoms with Gasteiger partial charge in [0.2, 0.25) is 5.82 Å². The summed E-state index contributed by atoms with van der Waals surface area (Å²) in [6, 6.07) is 0.651. The Balaban J connectivity index is 0.000000204. The molecule has 0 radical (unpaired) electrons. The van der Waals surface area contributed by atoms with Crippen LogP contribution in [0.5, 0.6) is 0 Å². The zero-order valence-corrected chi connectivity index (χ0v) is 18.1. The molecule has 9 heteroatoms. The summed E-state index contributed by atoms with van der Waals surface area (Å²) >= 11 is 0. The van der Waals surface area contributed by atoms with Gasteiger partial charge in [-0.05, 0) is 44.8 Å². The molecule has 0 atom stereocenters. The zero-order chi connectivity index (χ0) is 21.9. The van der Waals surface area contributed by atoms with Crippen LogP contribution in [0, 0.1) is 16.0 Å². The highest BCUT2D eigenvalue weighted by Crippen LogP contribution is 2.25. The highest BCUT2D eigenvalue weighted by Gasteiger charge is 2.29. The molecule has 9 nitrogen and oxygen atoms in total. The first-order chi connectivity index (χ1) is 14.6. The normalized spacial score (nSPS) is 19.4. The van der Waals surface area contributed by atoms with Crippen LogP contribution in [0.4, 0.5) is 11.5 Å². The molecule has 0 saturated carbocycles. The van der Waals surface area contributed by atoms with Gasteiger partial charge in [0.1, 0.15) is 12.5 Å². The molecule has 0 amide bonds. The van der Waals surface area contributed by atoms with E-state index in [0.29, 0.717) is 12.0 Å². The Morgan fingerprint density at radius 2 is 1.97 bits per heavy atom. The number of aromatic nitrogens is 2. The number of carbonyl (C=O) groups is 1. The molecular formula is C21H33N5O4. The van der Waals surface area contributed by atoms with E-state index in [-0.39, 0.29) is 11.5 Å². The summed E-state index contributed by atoms with van der Waals surface area (Å²) < 4.78 is 6.66. The molecule has 1 aromatic heterocycles. The predicted octanol–water partition coefficient (Wildman–Crippen LogP) is 3.35. The van der Waals surface area contributed by atoms with Gasteiger partial charge in [0.05, 0.1) is 29.9 Å². The van der Waals surface area contributed by atoms with E-state index in [9.17, 15) is 14.9 Å². The molecule has 0 spiro atoms. The molecule has 2 fully saturated rings. The first-order valence-corrected chi connectivity index (χ1v) is 10.7. The van der Waals surface area contributed by atoms with Crippen LogP contribution < -0.4 is 5.32 Å². The van der Waals surface area contributed by atoms with E-state index in [1.807, 2.05) is 32.1 Å². The van der Waals surface area contributed by atoms with Gasteiger partial charge in [-0.1, -0.05) is 26.0 Å². The lowest BCUT2D eigenvalue weighted by Gasteiger charge is -2.40. The molecule has 3 aliphatic rings. The van der Waals surface area contributed by atoms with Crippen LogP contribution in [-0.4, -0.2) is 65.3 Å². The quantitative estimate of drug-likeness (QED) is 0.443. The van der Waals surface area contributed by atoms with Crippen molar-refractivity contribution in [1.82, 2.24) is 14.7 Å². The summed E-state index contributed by atoms with van der Waals surface area (Å²) in [6.45, 7) is 7.95. The lowest BCUT2D eigenvalue weighted by Crippen LogP contribution is -2.51. The van der Waals surface area contributed by atoms with Gasteiger partial charge in [0, 0.05) is 13.0 Å². The Kier molecular flexibility index (Phi) is 9.69. The SMILES string of the molecule is CC.CNc1nn(C2=CCCC=C2)cc1[N+](=O)[O-].O=CC1CCN(C2COC2)CC1. The molecule has 166 valence electrons. The van der Waals surface area contributed by atoms with Crippen molar-refractivity contribution in [2.24, 2.45) is 5.92 Å². The number of rotatable bonds is 5. The number of allylic oxidation sites excluding steroid dienone is 4. The highest BCUT2D eigenvalue weighted by molar-refractivity contribution is 5.63. The number of ether oxygens (including phenoxy) is 1. The van der Waals surface area contributed by atoms with Crippen LogP contribution in [0.1, 0.15) is 39.5 Å². The molecule has 1 aliphatic carbocycles. The van der Waals surface area contributed by atoms with E-state index in [1.54, 1.807) is 7.05 Å². The number of nitrogens with one attached hydrogen (secondary N) is 1. The molecule has 0 bridgehead atoms. The van der Waals surface area contributed by atoms with E-state index in [1.165, 1.54) is 10.9 Å². The van der Waals surface area contributed by atoms with Crippen LogP contribution in [0.2, 0.25) is 0 Å². The first-order valence-electron chi connectivity index (χ1n) is 10.7. The number of anilines is 1. The number of hydrogen-bond acceptors (Lipinski definition) is 7. The average molecular weight is 420 g/mol. The lowest BCUT2D eigenvalue weighted by atomic mass is 9.97. The second-order valence-corrected chi connectivity index (χ2v) is 7.12. The molecule has 2 aliphatic heterocycles. The monoisotopic (exact) mass is 419 g/mol. The van der Waals surface area contributed by atoms with Gasteiger partial charge in [0.25, 0.3) is 0 Å². The van der Waals surface area contributed by atoms with Gasteiger partial charge in [-0.2, -0.15) is 0 Å². The average Bonchev–Trinajstić information content (AvgIpc) is 3.21. The maximum absolute atomic E-state index is 10.8. The van der Waals surface area contributed by atoms with Gasteiger partial charge in [-0.25, -0.2) is 4.68 Å². The molecule has 3 heterocycles. The molecule has 2 saturated heterocycles. The smallest absolute Gasteiger partial charge is 0.331 e. The van der Waals surface area contributed by atoms with E-state index < -0.39 is 4.92 Å². The molecule has 1 N–H and O–H groups in total. The van der Waals surface area contributed by atoms with Gasteiger partial charge in [0.15, 0.2) is 0 Å². The first kappa shape index (κ1) is 23.8. The van der Waals surface area contributed by atoms with Crippen molar-refractivity contribution < 1.29 is 14.5 Å². The Morgan fingerprint density at radius 3 is 2.40 bits per heavy atom. The standard InChI is InChI=1S/C10H12N4O2.C9H15NO2.C2H6/c1-11-10-9(14(15)16)7-13(12-10)8-5-3-2-4-6-8;11-5-8-1-3-10(4-2-8)9-6-12-7-9;1-2/h3,5-7H,2,4H2,1H3,(H,11,12);5,8-9H,1-4,6-7H2;1-2H3. The minimum absolute atomic E-state index is 0.0117. The van der Waals surface area contributed by atoms with Crippen molar-refractivity contribution >= 4 is 23.5 Å². The van der Waals surface area contributed by atoms with Crippen LogP contribution in [-0.2, 0) is 9.53 Å². The van der Waals surface area contributed by atoms with E-state index in [2.05, 4.69) is 15.3 Å². The number of nitrogens with zero attached hydrogens (tertiary/aromatic N) is 4. The Hall–Kier alpha value is -2.52. The van der Waals surface area contributed by atoms with Crippen LogP contribution >= 0.6 is 0 Å². The number of piperidine rings is 1. The number of nitro groups is 1. The van der Waals surface area contributed by atoms with Crippen LogP contribution in [0.25, 0.3) is 5.70 Å². The van der Waals surface area contributed by atoms with E-state index in [0.717, 1.165) is 64.0 Å². The largest absolute Gasteiger partial charge is 0.378 e. The number of aldehydes is 1. The summed E-state index contributed by atoms with van der Waals surface area (Å²) in [7, 11) is 1.62. The molecule has 0 aromatic carbocycles. The number of likely N-dealkylation sites (tertiary alicyclic amines) is 1.